The van der Waals surface area contributed by atoms with E-state index in [-0.39, 0.29) is 0 Å². The molecule has 1 aromatic heterocycles. The topological polar surface area (TPSA) is 38.9 Å². The Morgan fingerprint density at radius 2 is 2.00 bits per heavy atom. The zero-order valence-corrected chi connectivity index (χ0v) is 10.7. The summed E-state index contributed by atoms with van der Waals surface area (Å²) in [4.78, 5) is 5.61. The summed E-state index contributed by atoms with van der Waals surface area (Å²) in [7, 11) is 0. The first-order valence-corrected chi connectivity index (χ1v) is 6.61. The molecule has 0 aliphatic heterocycles. The van der Waals surface area contributed by atoms with Crippen LogP contribution in [-0.4, -0.2) is 4.98 Å². The van der Waals surface area contributed by atoms with Crippen LogP contribution in [0.5, 0.6) is 0 Å². The lowest BCUT2D eigenvalue weighted by Crippen LogP contribution is -2.03. The van der Waals surface area contributed by atoms with Crippen LogP contribution in [-0.2, 0) is 12.3 Å². The monoisotopic (exact) mass is 244 g/mol. The summed E-state index contributed by atoms with van der Waals surface area (Å²) in [6.07, 6.45) is 1.80. The van der Waals surface area contributed by atoms with E-state index in [0.717, 1.165) is 11.4 Å². The van der Waals surface area contributed by atoms with Gasteiger partial charge in [0.05, 0.1) is 5.69 Å². The second-order valence-corrected chi connectivity index (χ2v) is 4.88. The van der Waals surface area contributed by atoms with Gasteiger partial charge in [0.25, 0.3) is 0 Å². The molecule has 0 saturated heterocycles. The van der Waals surface area contributed by atoms with Crippen molar-refractivity contribution >= 4 is 11.8 Å². The molecule has 88 valence electrons. The largest absolute Gasteiger partial charge is 0.325 e. The number of pyridine rings is 1. The van der Waals surface area contributed by atoms with Gasteiger partial charge in [0, 0.05) is 23.4 Å². The Balaban J connectivity index is 2.10. The van der Waals surface area contributed by atoms with Crippen LogP contribution in [0.1, 0.15) is 16.8 Å². The second kappa shape index (κ2) is 5.84. The quantitative estimate of drug-likeness (QED) is 0.840. The van der Waals surface area contributed by atoms with E-state index in [2.05, 4.69) is 42.2 Å². The number of hydrogen-bond acceptors (Lipinski definition) is 3. The molecule has 2 nitrogen and oxygen atoms in total. The number of hydrogen-bond donors (Lipinski definition) is 1. The van der Waals surface area contributed by atoms with Crippen molar-refractivity contribution in [2.24, 2.45) is 5.73 Å². The highest BCUT2D eigenvalue weighted by Crippen LogP contribution is 2.26. The van der Waals surface area contributed by atoms with Gasteiger partial charge < -0.3 is 5.73 Å². The van der Waals surface area contributed by atoms with Gasteiger partial charge in [-0.05, 0) is 30.2 Å². The molecule has 0 saturated carbocycles. The minimum absolute atomic E-state index is 0.504. The van der Waals surface area contributed by atoms with Crippen molar-refractivity contribution in [2.75, 3.05) is 0 Å². The predicted molar refractivity (Wildman–Crippen MR) is 72.9 cm³/mol. The molecule has 0 aliphatic rings. The van der Waals surface area contributed by atoms with Crippen molar-refractivity contribution in [1.82, 2.24) is 4.98 Å². The molecule has 2 N–H and O–H groups in total. The maximum Gasteiger partial charge on any atom is 0.0579 e. The lowest BCUT2D eigenvalue weighted by Gasteiger charge is -2.08. The molecule has 0 amide bonds. The van der Waals surface area contributed by atoms with Gasteiger partial charge in [0.1, 0.15) is 0 Å². The Morgan fingerprint density at radius 1 is 1.18 bits per heavy atom. The molecule has 0 unspecified atom stereocenters. The highest BCUT2D eigenvalue weighted by atomic mass is 32.2. The maximum atomic E-state index is 5.68. The van der Waals surface area contributed by atoms with Crippen LogP contribution < -0.4 is 5.73 Å². The van der Waals surface area contributed by atoms with Gasteiger partial charge in [-0.3, -0.25) is 4.98 Å². The Morgan fingerprint density at radius 3 is 2.76 bits per heavy atom. The average molecular weight is 244 g/mol. The molecule has 0 aliphatic carbocycles. The fraction of sp³-hybridized carbons (Fsp3) is 0.214. The van der Waals surface area contributed by atoms with Crippen LogP contribution in [0.15, 0.2) is 47.5 Å². The number of rotatable bonds is 4. The summed E-state index contributed by atoms with van der Waals surface area (Å²) in [6.45, 7) is 2.64. The molecule has 1 heterocycles. The number of aromatic nitrogens is 1. The van der Waals surface area contributed by atoms with E-state index in [4.69, 9.17) is 5.73 Å². The normalized spacial score (nSPS) is 10.5. The smallest absolute Gasteiger partial charge is 0.0579 e. The summed E-state index contributed by atoms with van der Waals surface area (Å²) in [5.41, 5.74) is 9.21. The van der Waals surface area contributed by atoms with Gasteiger partial charge in [-0.2, -0.15) is 0 Å². The van der Waals surface area contributed by atoms with Crippen LogP contribution in [0.25, 0.3) is 0 Å². The van der Waals surface area contributed by atoms with Crippen molar-refractivity contribution < 1.29 is 0 Å². The molecule has 17 heavy (non-hydrogen) atoms. The van der Waals surface area contributed by atoms with Crippen molar-refractivity contribution in [1.29, 1.82) is 0 Å². The molecule has 0 bridgehead atoms. The van der Waals surface area contributed by atoms with Crippen molar-refractivity contribution in [3.05, 3.63) is 59.4 Å². The third kappa shape index (κ3) is 3.08. The average Bonchev–Trinajstić information content (AvgIpc) is 2.38. The van der Waals surface area contributed by atoms with Crippen LogP contribution in [0.4, 0.5) is 0 Å². The number of benzene rings is 1. The summed E-state index contributed by atoms with van der Waals surface area (Å²) in [5, 5.41) is 0. The minimum Gasteiger partial charge on any atom is -0.325 e. The predicted octanol–water partition coefficient (Wildman–Crippen LogP) is 3.14. The Bertz CT molecular complexity index is 497. The van der Waals surface area contributed by atoms with E-state index in [9.17, 15) is 0 Å². The first-order chi connectivity index (χ1) is 8.31. The summed E-state index contributed by atoms with van der Waals surface area (Å²) < 4.78 is 0. The summed E-state index contributed by atoms with van der Waals surface area (Å²) in [5.74, 6) is 0.922. The van der Waals surface area contributed by atoms with E-state index in [1.807, 2.05) is 17.8 Å². The molecule has 0 fully saturated rings. The molecular formula is C14H16N2S. The van der Waals surface area contributed by atoms with Gasteiger partial charge in [0.15, 0.2) is 0 Å². The van der Waals surface area contributed by atoms with E-state index >= 15 is 0 Å². The van der Waals surface area contributed by atoms with Crippen molar-refractivity contribution in [2.45, 2.75) is 24.1 Å². The minimum atomic E-state index is 0.504. The molecular weight excluding hydrogens is 228 g/mol. The summed E-state index contributed by atoms with van der Waals surface area (Å²) >= 11 is 1.83. The summed E-state index contributed by atoms with van der Waals surface area (Å²) in [6, 6.07) is 12.5. The molecule has 1 aromatic carbocycles. The van der Waals surface area contributed by atoms with Crippen LogP contribution in [0.2, 0.25) is 0 Å². The number of thioether (sulfide) groups is 1. The van der Waals surface area contributed by atoms with E-state index in [1.54, 1.807) is 6.20 Å². The molecule has 0 atom stereocenters. The van der Waals surface area contributed by atoms with Crippen molar-refractivity contribution in [3.8, 4) is 0 Å². The SMILES string of the molecule is Cc1ccccc1SCc1cccnc1CN. The van der Waals surface area contributed by atoms with Crippen molar-refractivity contribution in [3.63, 3.8) is 0 Å². The zero-order chi connectivity index (χ0) is 12.1. The lowest BCUT2D eigenvalue weighted by atomic mass is 10.2. The number of nitrogens with zero attached hydrogens (tertiary/aromatic N) is 1. The molecule has 3 heteroatoms. The Labute approximate surface area is 106 Å². The Hall–Kier alpha value is -1.32. The van der Waals surface area contributed by atoms with E-state index in [1.165, 1.54) is 16.0 Å². The highest BCUT2D eigenvalue weighted by molar-refractivity contribution is 7.98. The van der Waals surface area contributed by atoms with Gasteiger partial charge in [0.2, 0.25) is 0 Å². The fourth-order valence-electron chi connectivity index (χ4n) is 1.66. The third-order valence-electron chi connectivity index (χ3n) is 2.65. The van der Waals surface area contributed by atoms with E-state index in [0.29, 0.717) is 6.54 Å². The highest BCUT2D eigenvalue weighted by Gasteiger charge is 2.03. The molecule has 0 spiro atoms. The molecule has 2 rings (SSSR count). The van der Waals surface area contributed by atoms with Gasteiger partial charge in [-0.25, -0.2) is 0 Å². The second-order valence-electron chi connectivity index (χ2n) is 3.87. The van der Waals surface area contributed by atoms with E-state index < -0.39 is 0 Å². The fourth-order valence-corrected chi connectivity index (χ4v) is 2.70. The Kier molecular flexibility index (Phi) is 4.18. The van der Waals surface area contributed by atoms with Crippen LogP contribution >= 0.6 is 11.8 Å². The third-order valence-corrected chi connectivity index (χ3v) is 3.88. The number of nitrogens with two attached hydrogens (primary N) is 1. The van der Waals surface area contributed by atoms with Gasteiger partial charge in [-0.1, -0.05) is 24.3 Å². The van der Waals surface area contributed by atoms with Crippen LogP contribution in [0.3, 0.4) is 0 Å². The zero-order valence-electron chi connectivity index (χ0n) is 9.89. The maximum absolute atomic E-state index is 5.68. The number of aryl methyl sites for hydroxylation is 1. The molecule has 0 radical (unpaired) electrons. The van der Waals surface area contributed by atoms with Gasteiger partial charge >= 0.3 is 0 Å². The molecule has 2 aromatic rings. The lowest BCUT2D eigenvalue weighted by molar-refractivity contribution is 0.964. The van der Waals surface area contributed by atoms with Gasteiger partial charge in [-0.15, -0.1) is 11.8 Å². The first kappa shape index (κ1) is 12.1. The first-order valence-electron chi connectivity index (χ1n) is 5.62. The standard InChI is InChI=1S/C14H16N2S/c1-11-5-2-3-7-14(11)17-10-12-6-4-8-16-13(12)9-15/h2-8H,9-10,15H2,1H3. The van der Waals surface area contributed by atoms with Crippen LogP contribution in [0, 0.1) is 6.92 Å².